The van der Waals surface area contributed by atoms with Crippen molar-refractivity contribution in [3.05, 3.63) is 90.3 Å². The molecule has 0 fully saturated rings. The highest BCUT2D eigenvalue weighted by atomic mass is 14.7. The van der Waals surface area contributed by atoms with Crippen molar-refractivity contribution in [2.75, 3.05) is 0 Å². The van der Waals surface area contributed by atoms with Gasteiger partial charge in [-0.05, 0) is 28.8 Å². The molecular weight excluding hydrogens is 230 g/mol. The Labute approximate surface area is 113 Å². The van der Waals surface area contributed by atoms with Gasteiger partial charge in [0, 0.05) is 18.3 Å². The first-order valence-corrected chi connectivity index (χ1v) is 6.46. The SMILES string of the molecule is c1ccc(Cc2cc(-c3ccccc3)ccn2)cc1. The van der Waals surface area contributed by atoms with Gasteiger partial charge in [-0.1, -0.05) is 60.7 Å². The maximum absolute atomic E-state index is 4.46. The Morgan fingerprint density at radius 2 is 1.37 bits per heavy atom. The maximum atomic E-state index is 4.46. The summed E-state index contributed by atoms with van der Waals surface area (Å²) < 4.78 is 0. The van der Waals surface area contributed by atoms with Gasteiger partial charge in [-0.3, -0.25) is 4.98 Å². The predicted molar refractivity (Wildman–Crippen MR) is 78.9 cm³/mol. The molecule has 1 nitrogen and oxygen atoms in total. The number of benzene rings is 2. The van der Waals surface area contributed by atoms with Gasteiger partial charge in [-0.2, -0.15) is 0 Å². The fourth-order valence-electron chi connectivity index (χ4n) is 2.19. The molecule has 0 saturated heterocycles. The zero-order valence-corrected chi connectivity index (χ0v) is 10.7. The zero-order valence-electron chi connectivity index (χ0n) is 10.7. The summed E-state index contributed by atoms with van der Waals surface area (Å²) in [5.41, 5.74) is 4.86. The standard InChI is InChI=1S/C18H15N/c1-3-7-15(8-4-1)13-18-14-17(11-12-19-18)16-9-5-2-6-10-16/h1-12,14H,13H2. The van der Waals surface area contributed by atoms with Crippen LogP contribution in [0.1, 0.15) is 11.3 Å². The molecule has 0 amide bonds. The first kappa shape index (κ1) is 11.7. The average molecular weight is 245 g/mol. The van der Waals surface area contributed by atoms with Gasteiger partial charge in [0.1, 0.15) is 0 Å². The summed E-state index contributed by atoms with van der Waals surface area (Å²) >= 11 is 0. The highest BCUT2D eigenvalue weighted by molar-refractivity contribution is 5.63. The molecule has 0 aliphatic carbocycles. The lowest BCUT2D eigenvalue weighted by molar-refractivity contribution is 1.08. The molecule has 0 unspecified atom stereocenters. The number of aromatic nitrogens is 1. The number of pyridine rings is 1. The Bertz CT molecular complexity index is 645. The molecule has 0 atom stereocenters. The van der Waals surface area contributed by atoms with E-state index in [4.69, 9.17) is 0 Å². The second kappa shape index (κ2) is 5.49. The quantitative estimate of drug-likeness (QED) is 0.669. The van der Waals surface area contributed by atoms with E-state index in [2.05, 4.69) is 65.6 Å². The molecule has 0 spiro atoms. The van der Waals surface area contributed by atoms with Crippen molar-refractivity contribution in [3.8, 4) is 11.1 Å². The molecule has 19 heavy (non-hydrogen) atoms. The van der Waals surface area contributed by atoms with Crippen LogP contribution in [0.3, 0.4) is 0 Å². The number of rotatable bonds is 3. The summed E-state index contributed by atoms with van der Waals surface area (Å²) in [6, 6.07) is 25.1. The molecule has 0 aliphatic rings. The lowest BCUT2D eigenvalue weighted by Gasteiger charge is -2.05. The molecular formula is C18H15N. The van der Waals surface area contributed by atoms with Crippen LogP contribution in [0.4, 0.5) is 0 Å². The summed E-state index contributed by atoms with van der Waals surface area (Å²) in [4.78, 5) is 4.46. The molecule has 0 aliphatic heterocycles. The van der Waals surface area contributed by atoms with Crippen LogP contribution in [0.15, 0.2) is 79.0 Å². The van der Waals surface area contributed by atoms with Crippen molar-refractivity contribution in [3.63, 3.8) is 0 Å². The van der Waals surface area contributed by atoms with E-state index in [-0.39, 0.29) is 0 Å². The van der Waals surface area contributed by atoms with Crippen LogP contribution in [-0.4, -0.2) is 4.98 Å². The van der Waals surface area contributed by atoms with Gasteiger partial charge in [0.15, 0.2) is 0 Å². The normalized spacial score (nSPS) is 10.3. The molecule has 1 aromatic heterocycles. The van der Waals surface area contributed by atoms with E-state index < -0.39 is 0 Å². The summed E-state index contributed by atoms with van der Waals surface area (Å²) in [5.74, 6) is 0. The van der Waals surface area contributed by atoms with Crippen LogP contribution in [0.25, 0.3) is 11.1 Å². The van der Waals surface area contributed by atoms with E-state index in [0.717, 1.165) is 12.1 Å². The van der Waals surface area contributed by atoms with Gasteiger partial charge in [0.05, 0.1) is 0 Å². The smallest absolute Gasteiger partial charge is 0.0453 e. The number of hydrogen-bond acceptors (Lipinski definition) is 1. The van der Waals surface area contributed by atoms with Gasteiger partial charge in [-0.25, -0.2) is 0 Å². The minimum absolute atomic E-state index is 0.877. The van der Waals surface area contributed by atoms with Crippen molar-refractivity contribution in [2.24, 2.45) is 0 Å². The van der Waals surface area contributed by atoms with E-state index in [0.29, 0.717) is 0 Å². The van der Waals surface area contributed by atoms with Crippen LogP contribution in [0, 0.1) is 0 Å². The largest absolute Gasteiger partial charge is 0.261 e. The third kappa shape index (κ3) is 2.89. The molecule has 1 heteroatoms. The lowest BCUT2D eigenvalue weighted by atomic mass is 10.0. The summed E-state index contributed by atoms with van der Waals surface area (Å²) in [6.45, 7) is 0. The number of hydrogen-bond donors (Lipinski definition) is 0. The highest BCUT2D eigenvalue weighted by Crippen LogP contribution is 2.19. The van der Waals surface area contributed by atoms with Gasteiger partial charge < -0.3 is 0 Å². The highest BCUT2D eigenvalue weighted by Gasteiger charge is 2.01. The molecule has 0 bridgehead atoms. The molecule has 2 aromatic carbocycles. The van der Waals surface area contributed by atoms with Crippen molar-refractivity contribution >= 4 is 0 Å². The molecule has 0 saturated carbocycles. The molecule has 0 radical (unpaired) electrons. The van der Waals surface area contributed by atoms with Crippen molar-refractivity contribution in [2.45, 2.75) is 6.42 Å². The molecule has 0 N–H and O–H groups in total. The Balaban J connectivity index is 1.89. The van der Waals surface area contributed by atoms with Crippen molar-refractivity contribution in [1.82, 2.24) is 4.98 Å². The third-order valence-corrected chi connectivity index (χ3v) is 3.15. The predicted octanol–water partition coefficient (Wildman–Crippen LogP) is 4.34. The fraction of sp³-hybridized carbons (Fsp3) is 0.0556. The van der Waals surface area contributed by atoms with E-state index in [9.17, 15) is 0 Å². The van der Waals surface area contributed by atoms with Crippen LogP contribution >= 0.6 is 0 Å². The Hall–Kier alpha value is -2.41. The Kier molecular flexibility index (Phi) is 3.37. The van der Waals surface area contributed by atoms with E-state index in [1.807, 2.05) is 18.3 Å². The average Bonchev–Trinajstić information content (AvgIpc) is 2.49. The van der Waals surface area contributed by atoms with E-state index >= 15 is 0 Å². The summed E-state index contributed by atoms with van der Waals surface area (Å²) in [5, 5.41) is 0. The monoisotopic (exact) mass is 245 g/mol. The summed E-state index contributed by atoms with van der Waals surface area (Å²) in [6.07, 6.45) is 2.77. The van der Waals surface area contributed by atoms with Gasteiger partial charge in [0.25, 0.3) is 0 Å². The molecule has 1 heterocycles. The Morgan fingerprint density at radius 1 is 0.684 bits per heavy atom. The van der Waals surface area contributed by atoms with Gasteiger partial charge in [-0.15, -0.1) is 0 Å². The number of nitrogens with zero attached hydrogens (tertiary/aromatic N) is 1. The van der Waals surface area contributed by atoms with Crippen LogP contribution in [0.5, 0.6) is 0 Å². The fourth-order valence-corrected chi connectivity index (χ4v) is 2.19. The minimum atomic E-state index is 0.877. The van der Waals surface area contributed by atoms with Crippen LogP contribution in [-0.2, 0) is 6.42 Å². The van der Waals surface area contributed by atoms with Crippen LogP contribution < -0.4 is 0 Å². The first-order valence-electron chi connectivity index (χ1n) is 6.46. The zero-order chi connectivity index (χ0) is 12.9. The second-order valence-electron chi connectivity index (χ2n) is 4.56. The van der Waals surface area contributed by atoms with Gasteiger partial charge >= 0.3 is 0 Å². The van der Waals surface area contributed by atoms with Crippen molar-refractivity contribution < 1.29 is 0 Å². The molecule has 3 rings (SSSR count). The van der Waals surface area contributed by atoms with E-state index in [1.54, 1.807) is 0 Å². The lowest BCUT2D eigenvalue weighted by Crippen LogP contribution is -1.92. The Morgan fingerprint density at radius 3 is 2.11 bits per heavy atom. The minimum Gasteiger partial charge on any atom is -0.261 e. The van der Waals surface area contributed by atoms with Crippen LogP contribution in [0.2, 0.25) is 0 Å². The molecule has 3 aromatic rings. The van der Waals surface area contributed by atoms with Crippen molar-refractivity contribution in [1.29, 1.82) is 0 Å². The third-order valence-electron chi connectivity index (χ3n) is 3.15. The summed E-state index contributed by atoms with van der Waals surface area (Å²) in [7, 11) is 0. The topological polar surface area (TPSA) is 12.9 Å². The first-order chi connectivity index (χ1) is 9.42. The van der Waals surface area contributed by atoms with E-state index in [1.165, 1.54) is 16.7 Å². The maximum Gasteiger partial charge on any atom is 0.0453 e. The van der Waals surface area contributed by atoms with Gasteiger partial charge in [0.2, 0.25) is 0 Å². The second-order valence-corrected chi connectivity index (χ2v) is 4.56. The molecule has 92 valence electrons.